The number of fused-ring (bicyclic) bond motifs is 8. The number of aromatic amines is 2. The van der Waals surface area contributed by atoms with Crippen LogP contribution >= 0.6 is 0 Å². The maximum Gasteiger partial charge on any atom is 2.00 e. The molecular formula is C44H30N4O4Zn+2. The van der Waals surface area contributed by atoms with Gasteiger partial charge in [-0.15, -0.1) is 25.7 Å². The minimum absolute atomic E-state index is 0. The van der Waals surface area contributed by atoms with E-state index < -0.39 is 0 Å². The summed E-state index contributed by atoms with van der Waals surface area (Å²) in [6.45, 7) is 0.251. The number of nitrogens with zero attached hydrogens (tertiary/aromatic N) is 2. The average Bonchev–Trinajstić information content (AvgIpc) is 4.00. The minimum atomic E-state index is 0. The van der Waals surface area contributed by atoms with Crippen LogP contribution in [-0.2, 0) is 19.5 Å². The summed E-state index contributed by atoms with van der Waals surface area (Å²) in [6, 6.07) is 22.9. The predicted molar refractivity (Wildman–Crippen MR) is 207 cm³/mol. The van der Waals surface area contributed by atoms with Gasteiger partial charge in [-0.1, -0.05) is 35.8 Å². The molecular weight excluding hydrogens is 714 g/mol. The molecule has 0 unspecified atom stereocenters. The van der Waals surface area contributed by atoms with Crippen molar-refractivity contribution in [2.75, 3.05) is 26.4 Å². The summed E-state index contributed by atoms with van der Waals surface area (Å²) in [6.07, 6.45) is 30.1. The van der Waals surface area contributed by atoms with Crippen LogP contribution < -0.4 is 18.9 Å². The fourth-order valence-corrected chi connectivity index (χ4v) is 6.07. The van der Waals surface area contributed by atoms with Crippen LogP contribution in [0.4, 0.5) is 0 Å². The number of ether oxygens (including phenoxy) is 4. The first-order chi connectivity index (χ1) is 25.6. The van der Waals surface area contributed by atoms with Gasteiger partial charge in [0, 0.05) is 33.2 Å². The number of hydrogen-bond donors (Lipinski definition) is 2. The zero-order chi connectivity index (χ0) is 35.9. The van der Waals surface area contributed by atoms with Crippen molar-refractivity contribution in [3.63, 3.8) is 0 Å². The average molecular weight is 744 g/mol. The molecule has 0 saturated heterocycles. The standard InChI is InChI=1S/C44H30N4O4.Zn/c1-5-23-49-37-11-9-12-38(50-24-6-2)43(37)41-33-19-15-29(45-33)27-31-17-21-35(47-31)42(36-22-18-32(48-36)28-30-16-20-34(41)46-30)44-39(51-25-7-3)13-10-14-40(44)52-26-8-4;/h1-4,9-22,27-28,45,48H,23-26H2;/q;+2. The molecule has 0 fully saturated rings. The molecule has 0 amide bonds. The van der Waals surface area contributed by atoms with E-state index in [0.29, 0.717) is 56.9 Å². The van der Waals surface area contributed by atoms with Gasteiger partial charge in [0.1, 0.15) is 49.4 Å². The van der Waals surface area contributed by atoms with E-state index in [1.807, 2.05) is 97.1 Å². The van der Waals surface area contributed by atoms with Crippen LogP contribution in [0, 0.1) is 49.4 Å². The second-order valence-electron chi connectivity index (χ2n) is 11.4. The van der Waals surface area contributed by atoms with Gasteiger partial charge in [-0.3, -0.25) is 0 Å². The van der Waals surface area contributed by atoms with Crippen molar-refractivity contribution in [2.45, 2.75) is 0 Å². The quantitative estimate of drug-likeness (QED) is 0.109. The summed E-state index contributed by atoms with van der Waals surface area (Å²) >= 11 is 0. The van der Waals surface area contributed by atoms with Gasteiger partial charge in [0.2, 0.25) is 0 Å². The van der Waals surface area contributed by atoms with Gasteiger partial charge >= 0.3 is 19.5 Å². The summed E-state index contributed by atoms with van der Waals surface area (Å²) in [4.78, 5) is 17.2. The summed E-state index contributed by atoms with van der Waals surface area (Å²) in [5, 5.41) is 0. The van der Waals surface area contributed by atoms with Crippen LogP contribution in [0.15, 0.2) is 72.8 Å². The number of rotatable bonds is 10. The Labute approximate surface area is 320 Å². The smallest absolute Gasteiger partial charge is 0.480 e. The maximum absolute atomic E-state index is 6.04. The van der Waals surface area contributed by atoms with Crippen molar-refractivity contribution in [1.82, 2.24) is 19.9 Å². The van der Waals surface area contributed by atoms with E-state index in [-0.39, 0.29) is 45.9 Å². The molecule has 2 aromatic carbocycles. The minimum Gasteiger partial charge on any atom is -0.480 e. The van der Waals surface area contributed by atoms with E-state index in [9.17, 15) is 0 Å². The predicted octanol–water partition coefficient (Wildman–Crippen LogP) is 8.04. The Morgan fingerprint density at radius 3 is 1.17 bits per heavy atom. The van der Waals surface area contributed by atoms with Crippen LogP contribution in [0.2, 0.25) is 0 Å². The number of H-pyrrole nitrogens is 2. The third-order valence-corrected chi connectivity index (χ3v) is 8.12. The van der Waals surface area contributed by atoms with Crippen molar-refractivity contribution in [3.05, 3.63) is 95.6 Å². The third kappa shape index (κ3) is 7.59. The molecule has 9 heteroatoms. The summed E-state index contributed by atoms with van der Waals surface area (Å²) in [7, 11) is 0. The van der Waals surface area contributed by atoms with Crippen molar-refractivity contribution in [3.8, 4) is 94.6 Å². The van der Waals surface area contributed by atoms with Gasteiger partial charge in [0.05, 0.1) is 33.9 Å². The number of hydrogen-bond acceptors (Lipinski definition) is 6. The van der Waals surface area contributed by atoms with Gasteiger partial charge in [0.15, 0.2) is 0 Å². The topological polar surface area (TPSA) is 94.3 Å². The van der Waals surface area contributed by atoms with Crippen LogP contribution in [0.3, 0.4) is 0 Å². The first kappa shape index (κ1) is 35.9. The van der Waals surface area contributed by atoms with E-state index in [2.05, 4.69) is 33.6 Å². The Morgan fingerprint density at radius 2 is 0.830 bits per heavy atom. The fourth-order valence-electron chi connectivity index (χ4n) is 6.07. The summed E-state index contributed by atoms with van der Waals surface area (Å²) in [5.41, 5.74) is 8.73. The first-order valence-corrected chi connectivity index (χ1v) is 16.2. The first-order valence-electron chi connectivity index (χ1n) is 16.2. The summed E-state index contributed by atoms with van der Waals surface area (Å²) < 4.78 is 24.2. The number of aromatic nitrogens is 4. The van der Waals surface area contributed by atoms with Gasteiger partial charge < -0.3 is 28.9 Å². The van der Waals surface area contributed by atoms with Crippen LogP contribution in [-0.4, -0.2) is 46.4 Å². The molecule has 2 aliphatic heterocycles. The van der Waals surface area contributed by atoms with E-state index in [0.717, 1.165) is 33.2 Å². The SMILES string of the molecule is C#CCOc1cccc(OCC#C)c1-c1c2nc(cc3ccc([nH]3)c(-c3c(OCC#C)cccc3OCC#C)c3nc(cc4ccc1[nH]4)C=C3)C=C2.[Zn+2]. The molecule has 0 radical (unpaired) electrons. The second-order valence-corrected chi connectivity index (χ2v) is 11.4. The number of terminal acetylenes is 4. The fraction of sp³-hybridized carbons (Fsp3) is 0.0909. The molecule has 250 valence electrons. The normalized spacial score (nSPS) is 10.9. The van der Waals surface area contributed by atoms with Crippen molar-refractivity contribution < 1.29 is 38.4 Å². The maximum atomic E-state index is 6.04. The molecule has 8 bridgehead atoms. The molecule has 2 aliphatic rings. The molecule has 0 spiro atoms. The van der Waals surface area contributed by atoms with Crippen LogP contribution in [0.25, 0.3) is 68.6 Å². The molecule has 53 heavy (non-hydrogen) atoms. The molecule has 7 rings (SSSR count). The Balaban J connectivity index is 0.00000481. The van der Waals surface area contributed by atoms with Crippen LogP contribution in [0.1, 0.15) is 22.8 Å². The molecule has 3 aromatic heterocycles. The second kappa shape index (κ2) is 16.4. The molecule has 0 atom stereocenters. The van der Waals surface area contributed by atoms with E-state index in [1.165, 1.54) is 0 Å². The Bertz CT molecular complexity index is 2350. The van der Waals surface area contributed by atoms with Crippen LogP contribution in [0.5, 0.6) is 23.0 Å². The monoisotopic (exact) mass is 742 g/mol. The van der Waals surface area contributed by atoms with Gasteiger partial charge in [-0.05, 0) is 85.0 Å². The van der Waals surface area contributed by atoms with Gasteiger partial charge in [-0.25, -0.2) is 9.97 Å². The zero-order valence-electron chi connectivity index (χ0n) is 28.6. The molecule has 0 aliphatic carbocycles. The third-order valence-electron chi connectivity index (χ3n) is 8.12. The molecule has 0 saturated carbocycles. The Kier molecular flexibility index (Phi) is 11.1. The Morgan fingerprint density at radius 1 is 0.472 bits per heavy atom. The van der Waals surface area contributed by atoms with E-state index in [4.69, 9.17) is 54.6 Å². The zero-order valence-corrected chi connectivity index (χ0v) is 31.6. The van der Waals surface area contributed by atoms with Gasteiger partial charge in [0.25, 0.3) is 0 Å². The Hall–Kier alpha value is -6.90. The molecule has 2 N–H and O–H groups in total. The number of benzene rings is 2. The van der Waals surface area contributed by atoms with E-state index in [1.54, 1.807) is 0 Å². The molecule has 5 aromatic rings. The molecule has 8 nitrogen and oxygen atoms in total. The van der Waals surface area contributed by atoms with E-state index >= 15 is 0 Å². The summed E-state index contributed by atoms with van der Waals surface area (Å²) in [5.74, 6) is 12.3. The van der Waals surface area contributed by atoms with Crippen molar-refractivity contribution >= 4 is 46.4 Å². The number of nitrogens with one attached hydrogen (secondary N) is 2. The van der Waals surface area contributed by atoms with Crippen molar-refractivity contribution in [2.24, 2.45) is 0 Å². The van der Waals surface area contributed by atoms with Gasteiger partial charge in [-0.2, -0.15) is 0 Å². The molecule has 5 heterocycles. The van der Waals surface area contributed by atoms with Crippen molar-refractivity contribution in [1.29, 1.82) is 0 Å². The largest absolute Gasteiger partial charge is 2.00 e.